The highest BCUT2D eigenvalue weighted by atomic mass is 35.5. The Hall–Kier alpha value is -1.71. The molecule has 1 unspecified atom stereocenters. The Morgan fingerprint density at radius 3 is 2.70 bits per heavy atom. The molecule has 2 aromatic rings. The molecular weight excluding hydrogens is 333 g/mol. The largest absolute Gasteiger partial charge is 0.483 e. The van der Waals surface area contributed by atoms with Crippen LogP contribution in [0.5, 0.6) is 5.75 Å². The second-order valence-electron chi connectivity index (χ2n) is 5.31. The first-order valence-electron chi connectivity index (χ1n) is 7.48. The van der Waals surface area contributed by atoms with Crippen LogP contribution < -0.4 is 10.1 Å². The fourth-order valence-corrected chi connectivity index (χ4v) is 2.50. The third-order valence-electron chi connectivity index (χ3n) is 3.62. The van der Waals surface area contributed by atoms with Gasteiger partial charge in [-0.15, -0.1) is 0 Å². The number of rotatable bonds is 6. The van der Waals surface area contributed by atoms with E-state index in [1.54, 1.807) is 18.2 Å². The minimum absolute atomic E-state index is 0.0870. The van der Waals surface area contributed by atoms with E-state index in [-0.39, 0.29) is 12.5 Å². The fourth-order valence-electron chi connectivity index (χ4n) is 2.16. The van der Waals surface area contributed by atoms with Crippen LogP contribution in [0.15, 0.2) is 42.5 Å². The van der Waals surface area contributed by atoms with Crippen LogP contribution in [0.4, 0.5) is 5.69 Å². The van der Waals surface area contributed by atoms with Gasteiger partial charge in [0, 0.05) is 5.02 Å². The van der Waals surface area contributed by atoms with Gasteiger partial charge in [-0.05, 0) is 42.2 Å². The van der Waals surface area contributed by atoms with Crippen molar-refractivity contribution in [2.45, 2.75) is 26.2 Å². The number of ether oxygens (including phenoxy) is 1. The third-order valence-corrected chi connectivity index (χ3v) is 4.19. The molecule has 122 valence electrons. The summed E-state index contributed by atoms with van der Waals surface area (Å²) in [6, 6.07) is 12.7. The van der Waals surface area contributed by atoms with Crippen LogP contribution in [-0.2, 0) is 4.79 Å². The lowest BCUT2D eigenvalue weighted by molar-refractivity contribution is -0.118. The monoisotopic (exact) mass is 351 g/mol. The number of benzene rings is 2. The van der Waals surface area contributed by atoms with Crippen molar-refractivity contribution in [2.75, 3.05) is 11.9 Å². The van der Waals surface area contributed by atoms with E-state index in [1.807, 2.05) is 24.3 Å². The smallest absolute Gasteiger partial charge is 0.262 e. The SMILES string of the molecule is CCC(C)c1ccccc1OCC(=O)Nc1cc(Cl)ccc1Cl. The summed E-state index contributed by atoms with van der Waals surface area (Å²) >= 11 is 11.9. The van der Waals surface area contributed by atoms with Gasteiger partial charge in [0.2, 0.25) is 0 Å². The van der Waals surface area contributed by atoms with Gasteiger partial charge in [-0.1, -0.05) is 55.2 Å². The molecule has 3 nitrogen and oxygen atoms in total. The van der Waals surface area contributed by atoms with Gasteiger partial charge < -0.3 is 10.1 Å². The van der Waals surface area contributed by atoms with Crippen molar-refractivity contribution in [2.24, 2.45) is 0 Å². The van der Waals surface area contributed by atoms with E-state index >= 15 is 0 Å². The molecule has 0 aliphatic heterocycles. The molecule has 0 bridgehead atoms. The summed E-state index contributed by atoms with van der Waals surface area (Å²) < 4.78 is 5.68. The van der Waals surface area contributed by atoms with Crippen LogP contribution >= 0.6 is 23.2 Å². The first-order valence-corrected chi connectivity index (χ1v) is 8.23. The van der Waals surface area contributed by atoms with Gasteiger partial charge in [0.05, 0.1) is 10.7 Å². The molecule has 0 aliphatic carbocycles. The van der Waals surface area contributed by atoms with Gasteiger partial charge in [0.15, 0.2) is 6.61 Å². The predicted molar refractivity (Wildman–Crippen MR) is 95.7 cm³/mol. The molecule has 23 heavy (non-hydrogen) atoms. The summed E-state index contributed by atoms with van der Waals surface area (Å²) in [7, 11) is 0. The highest BCUT2D eigenvalue weighted by Crippen LogP contribution is 2.29. The second kappa shape index (κ2) is 8.23. The topological polar surface area (TPSA) is 38.3 Å². The summed E-state index contributed by atoms with van der Waals surface area (Å²) in [6.07, 6.45) is 1.00. The highest BCUT2D eigenvalue weighted by molar-refractivity contribution is 6.35. The molecule has 0 heterocycles. The number of para-hydroxylation sites is 1. The Morgan fingerprint density at radius 1 is 1.22 bits per heavy atom. The zero-order chi connectivity index (χ0) is 16.8. The normalized spacial score (nSPS) is 11.8. The molecule has 1 atom stereocenters. The van der Waals surface area contributed by atoms with Gasteiger partial charge in [-0.25, -0.2) is 0 Å². The van der Waals surface area contributed by atoms with Crippen LogP contribution in [0, 0.1) is 0 Å². The number of hydrogen-bond acceptors (Lipinski definition) is 2. The van der Waals surface area contributed by atoms with Crippen molar-refractivity contribution in [3.05, 3.63) is 58.1 Å². The average molecular weight is 352 g/mol. The molecule has 5 heteroatoms. The Labute approximate surface area is 146 Å². The molecule has 0 aromatic heterocycles. The van der Waals surface area contributed by atoms with Crippen LogP contribution in [0.2, 0.25) is 10.0 Å². The molecule has 0 saturated carbocycles. The van der Waals surface area contributed by atoms with Gasteiger partial charge in [0.1, 0.15) is 5.75 Å². The molecule has 1 amide bonds. The highest BCUT2D eigenvalue weighted by Gasteiger charge is 2.12. The molecule has 1 N–H and O–H groups in total. The van der Waals surface area contributed by atoms with Crippen molar-refractivity contribution >= 4 is 34.8 Å². The summed E-state index contributed by atoms with van der Waals surface area (Å²) in [5, 5.41) is 3.64. The number of halogens is 2. The maximum atomic E-state index is 12.1. The van der Waals surface area contributed by atoms with E-state index in [4.69, 9.17) is 27.9 Å². The van der Waals surface area contributed by atoms with Crippen molar-refractivity contribution in [1.29, 1.82) is 0 Å². The molecule has 0 spiro atoms. The predicted octanol–water partition coefficient (Wildman–Crippen LogP) is 5.52. The van der Waals surface area contributed by atoms with Gasteiger partial charge in [0.25, 0.3) is 5.91 Å². The van der Waals surface area contributed by atoms with Gasteiger partial charge >= 0.3 is 0 Å². The van der Waals surface area contributed by atoms with Crippen LogP contribution in [0.1, 0.15) is 31.7 Å². The molecule has 0 radical (unpaired) electrons. The van der Waals surface area contributed by atoms with E-state index in [0.29, 0.717) is 21.7 Å². The number of carbonyl (C=O) groups excluding carboxylic acids is 1. The number of anilines is 1. The molecular formula is C18H19Cl2NO2. The molecule has 2 rings (SSSR count). The van der Waals surface area contributed by atoms with E-state index < -0.39 is 0 Å². The third kappa shape index (κ3) is 4.88. The van der Waals surface area contributed by atoms with Crippen molar-refractivity contribution in [3.8, 4) is 5.75 Å². The fraction of sp³-hybridized carbons (Fsp3) is 0.278. The first-order chi connectivity index (χ1) is 11.0. The minimum atomic E-state index is -0.284. The maximum Gasteiger partial charge on any atom is 0.262 e. The maximum absolute atomic E-state index is 12.1. The molecule has 2 aromatic carbocycles. The van der Waals surface area contributed by atoms with E-state index in [1.165, 1.54) is 0 Å². The lowest BCUT2D eigenvalue weighted by atomic mass is 9.98. The first kappa shape index (κ1) is 17.6. The van der Waals surface area contributed by atoms with Crippen molar-refractivity contribution < 1.29 is 9.53 Å². The zero-order valence-corrected chi connectivity index (χ0v) is 14.6. The molecule has 0 saturated heterocycles. The van der Waals surface area contributed by atoms with Crippen LogP contribution in [0.25, 0.3) is 0 Å². The Kier molecular flexibility index (Phi) is 6.31. The summed E-state index contributed by atoms with van der Waals surface area (Å²) in [6.45, 7) is 4.17. The number of amides is 1. The van der Waals surface area contributed by atoms with E-state index in [9.17, 15) is 4.79 Å². The Balaban J connectivity index is 2.01. The standard InChI is InChI=1S/C18H19Cl2NO2/c1-3-12(2)14-6-4-5-7-17(14)23-11-18(22)21-16-10-13(19)8-9-15(16)20/h4-10,12H,3,11H2,1-2H3,(H,21,22). The number of carbonyl (C=O) groups is 1. The van der Waals surface area contributed by atoms with Crippen LogP contribution in [0.3, 0.4) is 0 Å². The summed E-state index contributed by atoms with van der Waals surface area (Å²) in [4.78, 5) is 12.1. The summed E-state index contributed by atoms with van der Waals surface area (Å²) in [5.41, 5.74) is 1.58. The van der Waals surface area contributed by atoms with E-state index in [0.717, 1.165) is 17.7 Å². The summed E-state index contributed by atoms with van der Waals surface area (Å²) in [5.74, 6) is 0.818. The Bertz CT molecular complexity index is 688. The number of nitrogens with one attached hydrogen (secondary N) is 1. The second-order valence-corrected chi connectivity index (χ2v) is 6.15. The minimum Gasteiger partial charge on any atom is -0.483 e. The number of hydrogen-bond donors (Lipinski definition) is 1. The average Bonchev–Trinajstić information content (AvgIpc) is 2.56. The van der Waals surface area contributed by atoms with Crippen molar-refractivity contribution in [3.63, 3.8) is 0 Å². The van der Waals surface area contributed by atoms with E-state index in [2.05, 4.69) is 19.2 Å². The van der Waals surface area contributed by atoms with Gasteiger partial charge in [-0.2, -0.15) is 0 Å². The lowest BCUT2D eigenvalue weighted by Gasteiger charge is -2.15. The quantitative estimate of drug-likeness (QED) is 0.743. The van der Waals surface area contributed by atoms with Crippen molar-refractivity contribution in [1.82, 2.24) is 0 Å². The Morgan fingerprint density at radius 2 is 1.96 bits per heavy atom. The zero-order valence-electron chi connectivity index (χ0n) is 13.1. The van der Waals surface area contributed by atoms with Crippen LogP contribution in [-0.4, -0.2) is 12.5 Å². The lowest BCUT2D eigenvalue weighted by Crippen LogP contribution is -2.20. The molecule has 0 fully saturated rings. The molecule has 0 aliphatic rings. The van der Waals surface area contributed by atoms with Gasteiger partial charge in [-0.3, -0.25) is 4.79 Å².